The monoisotopic (exact) mass is 337 g/mol. The largest absolute Gasteiger partial charge is 0.318 e. The van der Waals surface area contributed by atoms with Crippen LogP contribution in [-0.4, -0.2) is 15.6 Å². The minimum atomic E-state index is 0.274. The number of nitrogens with zero attached hydrogens (tertiary/aromatic N) is 3. The molecule has 0 aliphatic carbocycles. The molecule has 3 nitrogen and oxygen atoms in total. The summed E-state index contributed by atoms with van der Waals surface area (Å²) < 4.78 is 3.38. The number of pyridine rings is 1. The van der Waals surface area contributed by atoms with Crippen LogP contribution in [0.5, 0.6) is 0 Å². The highest BCUT2D eigenvalue weighted by Crippen LogP contribution is 2.16. The summed E-state index contributed by atoms with van der Waals surface area (Å²) in [4.78, 5) is 10.4. The van der Waals surface area contributed by atoms with Gasteiger partial charge in [-0.1, -0.05) is 36.1 Å². The fourth-order valence-corrected chi connectivity index (χ4v) is 4.08. The molecular formula is C20H23N3S. The lowest BCUT2D eigenvalue weighted by molar-refractivity contribution is 0.682. The Morgan fingerprint density at radius 3 is 2.79 bits per heavy atom. The van der Waals surface area contributed by atoms with Crippen molar-refractivity contribution in [2.45, 2.75) is 40.3 Å². The molecule has 0 spiro atoms. The summed E-state index contributed by atoms with van der Waals surface area (Å²) in [5.74, 6) is 0. The molecule has 124 valence electrons. The van der Waals surface area contributed by atoms with E-state index in [4.69, 9.17) is 4.99 Å². The van der Waals surface area contributed by atoms with Crippen molar-refractivity contribution in [1.29, 1.82) is 0 Å². The first-order valence-electron chi connectivity index (χ1n) is 8.29. The third-order valence-corrected chi connectivity index (χ3v) is 5.32. The summed E-state index contributed by atoms with van der Waals surface area (Å²) in [5.41, 5.74) is 3.36. The molecule has 3 aromatic rings. The lowest BCUT2D eigenvalue weighted by Gasteiger charge is -2.03. The van der Waals surface area contributed by atoms with Crippen molar-refractivity contribution in [3.05, 3.63) is 56.8 Å². The Labute approximate surface area is 146 Å². The average molecular weight is 337 g/mol. The van der Waals surface area contributed by atoms with E-state index in [9.17, 15) is 0 Å². The van der Waals surface area contributed by atoms with Gasteiger partial charge >= 0.3 is 0 Å². The van der Waals surface area contributed by atoms with E-state index < -0.39 is 0 Å². The molecule has 0 N–H and O–H groups in total. The first-order chi connectivity index (χ1) is 11.5. The number of para-hydroxylation sites is 1. The number of benzene rings is 1. The lowest BCUT2D eigenvalue weighted by Crippen LogP contribution is -2.31. The number of rotatable bonds is 3. The molecule has 0 amide bonds. The predicted octanol–water partition coefficient (Wildman–Crippen LogP) is 3.06. The minimum absolute atomic E-state index is 0.274. The van der Waals surface area contributed by atoms with Gasteiger partial charge in [-0.2, -0.15) is 0 Å². The fourth-order valence-electron chi connectivity index (χ4n) is 2.79. The Hall–Kier alpha value is -2.20. The highest BCUT2D eigenvalue weighted by molar-refractivity contribution is 7.07. The van der Waals surface area contributed by atoms with Gasteiger partial charge in [0.25, 0.3) is 0 Å². The predicted molar refractivity (Wildman–Crippen MR) is 103 cm³/mol. The Bertz CT molecular complexity index is 1050. The SMILES string of the molecule is C=c1/c(=C(/C)c2cnc3ccccc3c2)sc(=NC(C)C)n1CC. The third-order valence-electron chi connectivity index (χ3n) is 4.06. The lowest BCUT2D eigenvalue weighted by atomic mass is 10.1. The minimum Gasteiger partial charge on any atom is -0.318 e. The molecule has 0 aliphatic heterocycles. The van der Waals surface area contributed by atoms with Gasteiger partial charge in [0.15, 0.2) is 4.80 Å². The molecule has 0 bridgehead atoms. The summed E-state index contributed by atoms with van der Waals surface area (Å²) >= 11 is 1.72. The van der Waals surface area contributed by atoms with Crippen molar-refractivity contribution in [3.63, 3.8) is 0 Å². The molecule has 0 saturated carbocycles. The number of aromatic nitrogens is 2. The molecule has 0 aliphatic rings. The Morgan fingerprint density at radius 1 is 1.33 bits per heavy atom. The molecule has 0 atom stereocenters. The van der Waals surface area contributed by atoms with Crippen LogP contribution in [0.1, 0.15) is 33.3 Å². The maximum Gasteiger partial charge on any atom is 0.186 e. The topological polar surface area (TPSA) is 30.2 Å². The quantitative estimate of drug-likeness (QED) is 0.722. The van der Waals surface area contributed by atoms with E-state index in [1.165, 1.54) is 10.1 Å². The second-order valence-electron chi connectivity index (χ2n) is 6.17. The summed E-state index contributed by atoms with van der Waals surface area (Å²) in [6, 6.07) is 10.7. The van der Waals surface area contributed by atoms with Gasteiger partial charge in [-0.05, 0) is 51.0 Å². The third kappa shape index (κ3) is 3.06. The van der Waals surface area contributed by atoms with Crippen molar-refractivity contribution < 1.29 is 0 Å². The van der Waals surface area contributed by atoms with E-state index in [-0.39, 0.29) is 6.04 Å². The fraction of sp³-hybridized carbons (Fsp3) is 0.300. The second kappa shape index (κ2) is 6.73. The maximum atomic E-state index is 4.75. The zero-order chi connectivity index (χ0) is 17.3. The summed E-state index contributed by atoms with van der Waals surface area (Å²) in [5, 5.41) is 2.19. The van der Waals surface area contributed by atoms with E-state index in [0.29, 0.717) is 0 Å². The van der Waals surface area contributed by atoms with Crippen LogP contribution in [-0.2, 0) is 6.54 Å². The van der Waals surface area contributed by atoms with Crippen LogP contribution in [0.15, 0.2) is 41.5 Å². The first-order valence-corrected chi connectivity index (χ1v) is 9.11. The molecular weight excluding hydrogens is 314 g/mol. The van der Waals surface area contributed by atoms with Gasteiger partial charge in [0.2, 0.25) is 0 Å². The molecule has 0 unspecified atom stereocenters. The highest BCUT2D eigenvalue weighted by Gasteiger charge is 2.06. The standard InChI is InChI=1S/C20H23N3S/c1-6-23-15(5)19(24-20(23)22-13(2)3)14(4)17-11-16-9-7-8-10-18(16)21-12-17/h7-13H,5-6H2,1-4H3/b19-14+,22-20?. The van der Waals surface area contributed by atoms with Crippen molar-refractivity contribution in [3.8, 4) is 0 Å². The maximum absolute atomic E-state index is 4.75. The molecule has 2 aromatic heterocycles. The summed E-state index contributed by atoms with van der Waals surface area (Å²) in [7, 11) is 0. The number of hydrogen-bond acceptors (Lipinski definition) is 3. The van der Waals surface area contributed by atoms with Gasteiger partial charge < -0.3 is 4.57 Å². The van der Waals surface area contributed by atoms with E-state index in [1.54, 1.807) is 11.3 Å². The second-order valence-corrected chi connectivity index (χ2v) is 7.15. The van der Waals surface area contributed by atoms with E-state index in [2.05, 4.69) is 56.0 Å². The number of thiazole rings is 1. The Morgan fingerprint density at radius 2 is 2.08 bits per heavy atom. The van der Waals surface area contributed by atoms with Gasteiger partial charge in [0, 0.05) is 24.2 Å². The van der Waals surface area contributed by atoms with Crippen LogP contribution in [0.4, 0.5) is 0 Å². The summed E-state index contributed by atoms with van der Waals surface area (Å²) in [6.45, 7) is 13.7. The number of fused-ring (bicyclic) bond motifs is 1. The average Bonchev–Trinajstić information content (AvgIpc) is 2.88. The summed E-state index contributed by atoms with van der Waals surface area (Å²) in [6.07, 6.45) is 1.95. The molecule has 3 rings (SSSR count). The highest BCUT2D eigenvalue weighted by atomic mass is 32.1. The van der Waals surface area contributed by atoms with Crippen molar-refractivity contribution in [2.75, 3.05) is 0 Å². The van der Waals surface area contributed by atoms with Crippen LogP contribution in [0.25, 0.3) is 23.1 Å². The van der Waals surface area contributed by atoms with Crippen LogP contribution in [0.2, 0.25) is 0 Å². The van der Waals surface area contributed by atoms with Gasteiger partial charge in [-0.3, -0.25) is 9.98 Å². The zero-order valence-corrected chi connectivity index (χ0v) is 15.5. The Kier molecular flexibility index (Phi) is 4.67. The van der Waals surface area contributed by atoms with Gasteiger partial charge in [-0.15, -0.1) is 0 Å². The smallest absolute Gasteiger partial charge is 0.186 e. The van der Waals surface area contributed by atoms with Crippen LogP contribution >= 0.6 is 11.3 Å². The molecule has 4 heteroatoms. The molecule has 0 saturated heterocycles. The van der Waals surface area contributed by atoms with Gasteiger partial charge in [0.1, 0.15) is 0 Å². The van der Waals surface area contributed by atoms with Crippen molar-refractivity contribution in [2.24, 2.45) is 4.99 Å². The zero-order valence-electron chi connectivity index (χ0n) is 14.7. The van der Waals surface area contributed by atoms with Crippen LogP contribution < -0.4 is 14.7 Å². The van der Waals surface area contributed by atoms with Crippen molar-refractivity contribution in [1.82, 2.24) is 9.55 Å². The van der Waals surface area contributed by atoms with E-state index in [1.807, 2.05) is 24.4 Å². The van der Waals surface area contributed by atoms with Crippen molar-refractivity contribution >= 4 is 34.4 Å². The molecule has 0 radical (unpaired) electrons. The first kappa shape index (κ1) is 16.7. The Balaban J connectivity index is 2.28. The van der Waals surface area contributed by atoms with Crippen LogP contribution in [0.3, 0.4) is 0 Å². The molecule has 2 heterocycles. The van der Waals surface area contributed by atoms with E-state index >= 15 is 0 Å². The molecule has 0 fully saturated rings. The number of hydrogen-bond donors (Lipinski definition) is 0. The normalized spacial score (nSPS) is 13.8. The van der Waals surface area contributed by atoms with Gasteiger partial charge in [-0.25, -0.2) is 0 Å². The molecule has 24 heavy (non-hydrogen) atoms. The van der Waals surface area contributed by atoms with E-state index in [0.717, 1.165) is 33.2 Å². The molecule has 1 aromatic carbocycles. The van der Waals surface area contributed by atoms with Crippen LogP contribution in [0, 0.1) is 0 Å². The van der Waals surface area contributed by atoms with Gasteiger partial charge in [0.05, 0.1) is 15.4 Å².